The van der Waals surface area contributed by atoms with Crippen molar-refractivity contribution < 1.29 is 4.52 Å². The van der Waals surface area contributed by atoms with Gasteiger partial charge in [0.05, 0.1) is 6.10 Å². The first kappa shape index (κ1) is 13.5. The summed E-state index contributed by atoms with van der Waals surface area (Å²) in [6.07, 6.45) is 0.164. The van der Waals surface area contributed by atoms with Gasteiger partial charge in [0.1, 0.15) is 4.75 Å². The van der Waals surface area contributed by atoms with Crippen molar-refractivity contribution in [1.29, 1.82) is 0 Å². The summed E-state index contributed by atoms with van der Waals surface area (Å²) < 4.78 is 5.59. The molecule has 4 heteroatoms. The summed E-state index contributed by atoms with van der Waals surface area (Å²) in [5.41, 5.74) is 2.62. The van der Waals surface area contributed by atoms with Crippen LogP contribution in [0.3, 0.4) is 0 Å². The summed E-state index contributed by atoms with van der Waals surface area (Å²) in [7, 11) is 6.23. The Morgan fingerprint density at radius 2 is 1.47 bits per heavy atom. The summed E-state index contributed by atoms with van der Waals surface area (Å²) in [6.45, 7) is 0. The molecule has 1 saturated heterocycles. The van der Waals surface area contributed by atoms with Crippen LogP contribution in [0.2, 0.25) is 0 Å². The van der Waals surface area contributed by atoms with Crippen molar-refractivity contribution in [2.75, 3.05) is 5.75 Å². The molecule has 0 bridgehead atoms. The zero-order valence-electron chi connectivity index (χ0n) is 10.4. The van der Waals surface area contributed by atoms with Crippen LogP contribution < -0.4 is 0 Å². The fraction of sp³-hybridized carbons (Fsp3) is 0.200. The molecule has 1 nitrogen and oxygen atoms in total. The largest absolute Gasteiger partial charge is 0.359 e. The maximum atomic E-state index is 5.71. The minimum atomic E-state index is -0.116. The summed E-state index contributed by atoms with van der Waals surface area (Å²) in [6, 6.07) is 21.3. The molecule has 0 N–H and O–H groups in total. The zero-order valence-corrected chi connectivity index (χ0v) is 13.1. The molecular weight excluding hydrogens is 291 g/mol. The minimum Gasteiger partial charge on any atom is -0.359 e. The first-order valence-corrected chi connectivity index (χ1v) is 8.94. The van der Waals surface area contributed by atoms with Gasteiger partial charge in [-0.05, 0) is 11.1 Å². The first-order valence-electron chi connectivity index (χ1n) is 6.15. The Balaban J connectivity index is 2.17. The molecule has 1 fully saturated rings. The highest BCUT2D eigenvalue weighted by Crippen LogP contribution is 2.58. The van der Waals surface area contributed by atoms with Crippen LogP contribution in [0.5, 0.6) is 0 Å². The lowest BCUT2D eigenvalue weighted by atomic mass is 9.86. The molecule has 2 aromatic carbocycles. The van der Waals surface area contributed by atoms with Crippen LogP contribution in [0.15, 0.2) is 60.7 Å². The fourth-order valence-electron chi connectivity index (χ4n) is 2.50. The summed E-state index contributed by atoms with van der Waals surface area (Å²) in [4.78, 5) is 0. The average Bonchev–Trinajstić information content (AvgIpc) is 2.94. The molecule has 2 atom stereocenters. The van der Waals surface area contributed by atoms with E-state index in [4.69, 9.17) is 4.52 Å². The highest BCUT2D eigenvalue weighted by atomic mass is 33.1. The van der Waals surface area contributed by atoms with Gasteiger partial charge in [0.2, 0.25) is 0 Å². The van der Waals surface area contributed by atoms with Crippen molar-refractivity contribution in [3.8, 4) is 0 Å². The molecular formula is C15H15OPS2. The Morgan fingerprint density at radius 3 is 1.95 bits per heavy atom. The second-order valence-corrected chi connectivity index (χ2v) is 7.32. The van der Waals surface area contributed by atoms with E-state index in [1.165, 1.54) is 11.1 Å². The van der Waals surface area contributed by atoms with Crippen LogP contribution >= 0.6 is 31.1 Å². The Bertz CT molecular complexity index is 493. The van der Waals surface area contributed by atoms with Gasteiger partial charge in [0.25, 0.3) is 0 Å². The van der Waals surface area contributed by atoms with Gasteiger partial charge >= 0.3 is 0 Å². The molecule has 2 aromatic rings. The first-order chi connectivity index (χ1) is 9.38. The number of rotatable bonds is 3. The SMILES string of the molecule is POC1CSSC1(c1ccccc1)c1ccccc1. The van der Waals surface area contributed by atoms with Crippen molar-refractivity contribution in [3.63, 3.8) is 0 Å². The average molecular weight is 306 g/mol. The van der Waals surface area contributed by atoms with Gasteiger partial charge in [0.15, 0.2) is 0 Å². The van der Waals surface area contributed by atoms with Gasteiger partial charge in [-0.3, -0.25) is 0 Å². The summed E-state index contributed by atoms with van der Waals surface area (Å²) in [5.74, 6) is 0.998. The van der Waals surface area contributed by atoms with E-state index in [-0.39, 0.29) is 10.9 Å². The maximum Gasteiger partial charge on any atom is 0.103 e. The second-order valence-electron chi connectivity index (χ2n) is 4.46. The molecule has 0 amide bonds. The van der Waals surface area contributed by atoms with Gasteiger partial charge in [-0.25, -0.2) is 0 Å². The molecule has 0 aliphatic carbocycles. The van der Waals surface area contributed by atoms with Crippen molar-refractivity contribution in [2.45, 2.75) is 10.9 Å². The predicted octanol–water partition coefficient (Wildman–Crippen LogP) is 4.50. The van der Waals surface area contributed by atoms with Crippen LogP contribution in [-0.2, 0) is 9.27 Å². The molecule has 98 valence electrons. The van der Waals surface area contributed by atoms with E-state index in [2.05, 4.69) is 70.1 Å². The molecule has 1 aliphatic heterocycles. The van der Waals surface area contributed by atoms with Gasteiger partial charge in [-0.2, -0.15) is 0 Å². The topological polar surface area (TPSA) is 9.23 Å². The van der Waals surface area contributed by atoms with Crippen molar-refractivity contribution in [1.82, 2.24) is 0 Å². The number of benzene rings is 2. The Morgan fingerprint density at radius 1 is 0.947 bits per heavy atom. The minimum absolute atomic E-state index is 0.116. The third kappa shape index (κ3) is 2.34. The van der Waals surface area contributed by atoms with E-state index < -0.39 is 0 Å². The Hall–Kier alpha value is -0.470. The lowest BCUT2D eigenvalue weighted by Gasteiger charge is -2.33. The zero-order chi connectivity index (χ0) is 13.1. The van der Waals surface area contributed by atoms with E-state index in [0.717, 1.165) is 5.75 Å². The quantitative estimate of drug-likeness (QED) is 0.610. The third-order valence-electron chi connectivity index (χ3n) is 3.43. The van der Waals surface area contributed by atoms with E-state index in [1.54, 1.807) is 0 Å². The van der Waals surface area contributed by atoms with Gasteiger partial charge in [-0.15, -0.1) is 0 Å². The molecule has 3 rings (SSSR count). The number of hydrogen-bond acceptors (Lipinski definition) is 3. The fourth-order valence-corrected chi connectivity index (χ4v) is 6.59. The van der Waals surface area contributed by atoms with Crippen LogP contribution in [0.4, 0.5) is 0 Å². The van der Waals surface area contributed by atoms with E-state index in [0.29, 0.717) is 0 Å². The summed E-state index contributed by atoms with van der Waals surface area (Å²) in [5, 5.41) is 0. The lowest BCUT2D eigenvalue weighted by molar-refractivity contribution is 0.233. The molecule has 2 unspecified atom stereocenters. The molecule has 1 heterocycles. The summed E-state index contributed by atoms with van der Waals surface area (Å²) >= 11 is 0. The van der Waals surface area contributed by atoms with Crippen LogP contribution in [0.1, 0.15) is 11.1 Å². The lowest BCUT2D eigenvalue weighted by Crippen LogP contribution is -2.35. The molecule has 19 heavy (non-hydrogen) atoms. The molecule has 0 saturated carbocycles. The predicted molar refractivity (Wildman–Crippen MR) is 88.3 cm³/mol. The molecule has 0 aromatic heterocycles. The maximum absolute atomic E-state index is 5.71. The highest BCUT2D eigenvalue weighted by Gasteiger charge is 2.48. The molecule has 0 spiro atoms. The van der Waals surface area contributed by atoms with Crippen molar-refractivity contribution >= 4 is 31.1 Å². The third-order valence-corrected chi connectivity index (χ3v) is 6.87. The molecule has 1 aliphatic rings. The van der Waals surface area contributed by atoms with E-state index >= 15 is 0 Å². The Labute approximate surface area is 124 Å². The van der Waals surface area contributed by atoms with Crippen molar-refractivity contribution in [3.05, 3.63) is 71.8 Å². The van der Waals surface area contributed by atoms with E-state index in [1.807, 2.05) is 21.6 Å². The number of hydrogen-bond donors (Lipinski definition) is 0. The van der Waals surface area contributed by atoms with Crippen molar-refractivity contribution in [2.24, 2.45) is 0 Å². The highest BCUT2D eigenvalue weighted by molar-refractivity contribution is 8.77. The normalized spacial score (nSPS) is 21.4. The smallest absolute Gasteiger partial charge is 0.103 e. The van der Waals surface area contributed by atoms with E-state index in [9.17, 15) is 0 Å². The molecule has 0 radical (unpaired) electrons. The van der Waals surface area contributed by atoms with Gasteiger partial charge < -0.3 is 4.52 Å². The van der Waals surface area contributed by atoms with Crippen LogP contribution in [0.25, 0.3) is 0 Å². The van der Waals surface area contributed by atoms with Gasteiger partial charge in [0, 0.05) is 15.2 Å². The van der Waals surface area contributed by atoms with Crippen LogP contribution in [0, 0.1) is 0 Å². The van der Waals surface area contributed by atoms with Gasteiger partial charge in [-0.1, -0.05) is 82.3 Å². The second kappa shape index (κ2) is 5.88. The standard InChI is InChI=1S/C15H15OPS2/c17-16-14-11-18-19-15(14,12-7-3-1-4-8-12)13-9-5-2-6-10-13/h1-10,14H,11,17H2. The van der Waals surface area contributed by atoms with Crippen LogP contribution in [-0.4, -0.2) is 11.9 Å². The Kier molecular flexibility index (Phi) is 4.18. The monoisotopic (exact) mass is 306 g/mol.